The molecule has 1 aromatic heterocycles. The van der Waals surface area contributed by atoms with E-state index >= 15 is 0 Å². The molecule has 0 saturated carbocycles. The van der Waals surface area contributed by atoms with Crippen LogP contribution in [-0.4, -0.2) is 11.9 Å². The average Bonchev–Trinajstić information content (AvgIpc) is 2.79. The van der Waals surface area contributed by atoms with Gasteiger partial charge in [-0.1, -0.05) is 28.1 Å². The molecule has 0 amide bonds. The standard InChI is InChI=1S/C14H17BrN2O/c1-17(9-11-2-4-12(15)5-3-11)10-14-7-6-13(8-16)18-14/h2-7H,8-10,16H2,1H3. The molecule has 96 valence electrons. The van der Waals surface area contributed by atoms with Gasteiger partial charge in [-0.2, -0.15) is 0 Å². The van der Waals surface area contributed by atoms with E-state index in [1.807, 2.05) is 12.1 Å². The number of halogens is 1. The van der Waals surface area contributed by atoms with E-state index in [4.69, 9.17) is 10.2 Å². The Morgan fingerprint density at radius 3 is 2.33 bits per heavy atom. The normalized spacial score (nSPS) is 11.1. The smallest absolute Gasteiger partial charge is 0.118 e. The lowest BCUT2D eigenvalue weighted by atomic mass is 10.2. The Labute approximate surface area is 116 Å². The van der Waals surface area contributed by atoms with Crippen LogP contribution < -0.4 is 5.73 Å². The SMILES string of the molecule is CN(Cc1ccc(Br)cc1)Cc1ccc(CN)o1. The predicted octanol–water partition coefficient (Wildman–Crippen LogP) is 3.13. The number of hydrogen-bond donors (Lipinski definition) is 1. The zero-order chi connectivity index (χ0) is 13.0. The van der Waals surface area contributed by atoms with Gasteiger partial charge in [0.2, 0.25) is 0 Å². The highest BCUT2D eigenvalue weighted by Gasteiger charge is 2.05. The topological polar surface area (TPSA) is 42.4 Å². The lowest BCUT2D eigenvalue weighted by molar-refractivity contribution is 0.284. The summed E-state index contributed by atoms with van der Waals surface area (Å²) in [5.41, 5.74) is 6.80. The van der Waals surface area contributed by atoms with Gasteiger partial charge >= 0.3 is 0 Å². The minimum absolute atomic E-state index is 0.455. The maximum Gasteiger partial charge on any atom is 0.118 e. The van der Waals surface area contributed by atoms with Crippen molar-refractivity contribution in [3.63, 3.8) is 0 Å². The van der Waals surface area contributed by atoms with Gasteiger partial charge in [0.15, 0.2) is 0 Å². The van der Waals surface area contributed by atoms with Crippen LogP contribution in [0.15, 0.2) is 45.3 Å². The van der Waals surface area contributed by atoms with E-state index in [-0.39, 0.29) is 0 Å². The molecule has 18 heavy (non-hydrogen) atoms. The van der Waals surface area contributed by atoms with Gasteiger partial charge in [0, 0.05) is 11.0 Å². The molecule has 0 atom stereocenters. The van der Waals surface area contributed by atoms with Crippen molar-refractivity contribution in [1.29, 1.82) is 0 Å². The summed E-state index contributed by atoms with van der Waals surface area (Å²) in [6.45, 7) is 2.14. The first-order valence-electron chi connectivity index (χ1n) is 5.88. The first-order chi connectivity index (χ1) is 8.67. The molecule has 2 rings (SSSR count). The Hall–Kier alpha value is -1.10. The van der Waals surface area contributed by atoms with Crippen LogP contribution in [0, 0.1) is 0 Å². The Morgan fingerprint density at radius 1 is 1.06 bits per heavy atom. The van der Waals surface area contributed by atoms with Crippen molar-refractivity contribution < 1.29 is 4.42 Å². The van der Waals surface area contributed by atoms with Gasteiger partial charge in [-0.05, 0) is 36.9 Å². The van der Waals surface area contributed by atoms with Crippen molar-refractivity contribution in [1.82, 2.24) is 4.90 Å². The fraction of sp³-hybridized carbons (Fsp3) is 0.286. The molecular formula is C14H17BrN2O. The van der Waals surface area contributed by atoms with Gasteiger partial charge in [-0.15, -0.1) is 0 Å². The Bertz CT molecular complexity index is 493. The molecule has 0 unspecified atom stereocenters. The number of nitrogens with zero attached hydrogens (tertiary/aromatic N) is 1. The summed E-state index contributed by atoms with van der Waals surface area (Å²) in [5.74, 6) is 1.79. The Balaban J connectivity index is 1.91. The summed E-state index contributed by atoms with van der Waals surface area (Å²) < 4.78 is 6.69. The van der Waals surface area contributed by atoms with Crippen molar-refractivity contribution in [3.05, 3.63) is 58.0 Å². The van der Waals surface area contributed by atoms with Crippen molar-refractivity contribution in [2.24, 2.45) is 5.73 Å². The molecule has 0 aliphatic heterocycles. The molecule has 4 heteroatoms. The molecule has 3 nitrogen and oxygen atoms in total. The Kier molecular flexibility index (Phi) is 4.58. The van der Waals surface area contributed by atoms with Gasteiger partial charge in [0.25, 0.3) is 0 Å². The summed E-state index contributed by atoms with van der Waals surface area (Å²) in [7, 11) is 2.08. The third kappa shape index (κ3) is 3.70. The van der Waals surface area contributed by atoms with Gasteiger partial charge in [0.1, 0.15) is 11.5 Å². The average molecular weight is 309 g/mol. The van der Waals surface area contributed by atoms with Crippen LogP contribution >= 0.6 is 15.9 Å². The summed E-state index contributed by atoms with van der Waals surface area (Å²) in [6.07, 6.45) is 0. The highest BCUT2D eigenvalue weighted by atomic mass is 79.9. The highest BCUT2D eigenvalue weighted by Crippen LogP contribution is 2.14. The molecule has 1 heterocycles. The molecule has 0 fully saturated rings. The number of hydrogen-bond acceptors (Lipinski definition) is 3. The van der Waals surface area contributed by atoms with Gasteiger partial charge in [-0.25, -0.2) is 0 Å². The minimum Gasteiger partial charge on any atom is -0.463 e. The van der Waals surface area contributed by atoms with E-state index in [9.17, 15) is 0 Å². The largest absolute Gasteiger partial charge is 0.463 e. The van der Waals surface area contributed by atoms with Crippen LogP contribution in [0.1, 0.15) is 17.1 Å². The minimum atomic E-state index is 0.455. The number of furan rings is 1. The third-order valence-electron chi connectivity index (χ3n) is 2.71. The maximum atomic E-state index is 5.59. The van der Waals surface area contributed by atoms with Gasteiger partial charge < -0.3 is 10.2 Å². The van der Waals surface area contributed by atoms with Crippen molar-refractivity contribution >= 4 is 15.9 Å². The summed E-state index contributed by atoms with van der Waals surface area (Å²) in [4.78, 5) is 2.21. The summed E-state index contributed by atoms with van der Waals surface area (Å²) in [5, 5.41) is 0. The predicted molar refractivity (Wildman–Crippen MR) is 75.9 cm³/mol. The second-order valence-electron chi connectivity index (χ2n) is 4.37. The van der Waals surface area contributed by atoms with E-state index in [2.05, 4.69) is 52.1 Å². The van der Waals surface area contributed by atoms with Gasteiger partial charge in [0.05, 0.1) is 13.1 Å². The number of rotatable bonds is 5. The molecule has 0 radical (unpaired) electrons. The fourth-order valence-corrected chi connectivity index (χ4v) is 2.10. The Morgan fingerprint density at radius 2 is 1.72 bits per heavy atom. The molecule has 0 bridgehead atoms. The van der Waals surface area contributed by atoms with Crippen molar-refractivity contribution in [3.8, 4) is 0 Å². The maximum absolute atomic E-state index is 5.59. The summed E-state index contributed by atoms with van der Waals surface area (Å²) in [6, 6.07) is 12.3. The fourth-order valence-electron chi connectivity index (χ4n) is 1.84. The molecule has 1 aromatic carbocycles. The van der Waals surface area contributed by atoms with Crippen molar-refractivity contribution in [2.45, 2.75) is 19.6 Å². The van der Waals surface area contributed by atoms with Crippen LogP contribution in [0.3, 0.4) is 0 Å². The third-order valence-corrected chi connectivity index (χ3v) is 3.24. The first kappa shape index (κ1) is 13.3. The molecule has 2 N–H and O–H groups in total. The lowest BCUT2D eigenvalue weighted by Crippen LogP contribution is -2.16. The van der Waals surface area contributed by atoms with Crippen LogP contribution in [0.2, 0.25) is 0 Å². The van der Waals surface area contributed by atoms with Crippen LogP contribution in [0.25, 0.3) is 0 Å². The second-order valence-corrected chi connectivity index (χ2v) is 5.29. The lowest BCUT2D eigenvalue weighted by Gasteiger charge is -2.15. The van der Waals surface area contributed by atoms with Crippen LogP contribution in [-0.2, 0) is 19.6 Å². The van der Waals surface area contributed by atoms with Crippen LogP contribution in [0.5, 0.6) is 0 Å². The van der Waals surface area contributed by atoms with Crippen molar-refractivity contribution in [2.75, 3.05) is 7.05 Å². The first-order valence-corrected chi connectivity index (χ1v) is 6.67. The van der Waals surface area contributed by atoms with E-state index < -0.39 is 0 Å². The van der Waals surface area contributed by atoms with E-state index in [0.717, 1.165) is 29.1 Å². The molecule has 2 aromatic rings. The molecule has 0 saturated heterocycles. The van der Waals surface area contributed by atoms with E-state index in [0.29, 0.717) is 6.54 Å². The zero-order valence-electron chi connectivity index (χ0n) is 10.4. The number of nitrogens with two attached hydrogens (primary N) is 1. The quantitative estimate of drug-likeness (QED) is 0.922. The molecule has 0 aliphatic carbocycles. The monoisotopic (exact) mass is 308 g/mol. The highest BCUT2D eigenvalue weighted by molar-refractivity contribution is 9.10. The zero-order valence-corrected chi connectivity index (χ0v) is 12.0. The van der Waals surface area contributed by atoms with Gasteiger partial charge in [-0.3, -0.25) is 4.90 Å². The molecule has 0 spiro atoms. The van der Waals surface area contributed by atoms with E-state index in [1.165, 1.54) is 5.56 Å². The summed E-state index contributed by atoms with van der Waals surface area (Å²) >= 11 is 3.44. The van der Waals surface area contributed by atoms with E-state index in [1.54, 1.807) is 0 Å². The second kappa shape index (κ2) is 6.18. The number of benzene rings is 1. The molecule has 0 aliphatic rings. The molecular weight excluding hydrogens is 292 g/mol. The van der Waals surface area contributed by atoms with Crippen LogP contribution in [0.4, 0.5) is 0 Å².